The molecule has 0 aliphatic rings. The van der Waals surface area contributed by atoms with Crippen LogP contribution in [0.2, 0.25) is 0 Å². The first kappa shape index (κ1) is 25.9. The smallest absolute Gasteiger partial charge is 0.407 e. The predicted octanol–water partition coefficient (Wildman–Crippen LogP) is 2.77. The van der Waals surface area contributed by atoms with Gasteiger partial charge in [-0.3, -0.25) is 4.79 Å². The molecular formula is C25H32N2O6. The van der Waals surface area contributed by atoms with Crippen LogP contribution in [0.1, 0.15) is 43.9 Å². The van der Waals surface area contributed by atoms with E-state index in [-0.39, 0.29) is 31.4 Å². The zero-order valence-corrected chi connectivity index (χ0v) is 19.2. The fourth-order valence-corrected chi connectivity index (χ4v) is 3.09. The van der Waals surface area contributed by atoms with Crippen molar-refractivity contribution >= 4 is 18.0 Å². The van der Waals surface area contributed by atoms with Gasteiger partial charge in [-0.25, -0.2) is 9.59 Å². The van der Waals surface area contributed by atoms with Crippen LogP contribution in [0.4, 0.5) is 4.79 Å². The van der Waals surface area contributed by atoms with E-state index in [4.69, 9.17) is 4.74 Å². The number of benzene rings is 2. The van der Waals surface area contributed by atoms with E-state index in [2.05, 4.69) is 31.4 Å². The van der Waals surface area contributed by atoms with Gasteiger partial charge in [-0.15, -0.1) is 0 Å². The third-order valence-corrected chi connectivity index (χ3v) is 5.01. The predicted molar refractivity (Wildman–Crippen MR) is 124 cm³/mol. The lowest BCUT2D eigenvalue weighted by Crippen LogP contribution is -2.44. The number of rotatable bonds is 10. The summed E-state index contributed by atoms with van der Waals surface area (Å²) in [7, 11) is 0. The first-order chi connectivity index (χ1) is 15.5. The van der Waals surface area contributed by atoms with Crippen LogP contribution >= 0.6 is 0 Å². The van der Waals surface area contributed by atoms with E-state index in [1.165, 1.54) is 0 Å². The lowest BCUT2D eigenvalue weighted by Gasteiger charge is -2.20. The summed E-state index contributed by atoms with van der Waals surface area (Å²) in [5.74, 6) is -1.79. The number of ether oxygens (including phenoxy) is 1. The number of hydrogen-bond acceptors (Lipinski definition) is 5. The Labute approximate surface area is 194 Å². The number of carbonyl (C=O) groups excluding carboxylic acids is 2. The largest absolute Gasteiger partial charge is 0.480 e. The number of aliphatic carboxylic acids is 1. The molecule has 0 saturated heterocycles. The average molecular weight is 457 g/mol. The third-order valence-electron chi connectivity index (χ3n) is 5.01. The number of carboxylic acids is 1. The summed E-state index contributed by atoms with van der Waals surface area (Å²) < 4.78 is 5.04. The fraction of sp³-hybridized carbons (Fsp3) is 0.400. The van der Waals surface area contributed by atoms with Gasteiger partial charge in [-0.1, -0.05) is 75.4 Å². The van der Waals surface area contributed by atoms with Gasteiger partial charge in [-0.05, 0) is 22.1 Å². The zero-order valence-electron chi connectivity index (χ0n) is 19.2. The number of aliphatic hydroxyl groups is 1. The lowest BCUT2D eigenvalue weighted by atomic mass is 9.86. The third kappa shape index (κ3) is 9.33. The van der Waals surface area contributed by atoms with Gasteiger partial charge in [0.05, 0.1) is 12.5 Å². The molecule has 0 radical (unpaired) electrons. The van der Waals surface area contributed by atoms with Crippen molar-refractivity contribution < 1.29 is 29.3 Å². The Kier molecular flexibility index (Phi) is 9.42. The van der Waals surface area contributed by atoms with Crippen molar-refractivity contribution in [1.29, 1.82) is 0 Å². The van der Waals surface area contributed by atoms with Crippen LogP contribution in [0.25, 0.3) is 0 Å². The van der Waals surface area contributed by atoms with Crippen molar-refractivity contribution in [1.82, 2.24) is 10.6 Å². The maximum Gasteiger partial charge on any atom is 0.407 e. The number of alkyl carbamates (subject to hydrolysis) is 1. The summed E-state index contributed by atoms with van der Waals surface area (Å²) in [6.07, 6.45) is -2.15. The monoisotopic (exact) mass is 456 g/mol. The van der Waals surface area contributed by atoms with Gasteiger partial charge in [0, 0.05) is 13.0 Å². The summed E-state index contributed by atoms with van der Waals surface area (Å²) in [6.45, 7) is 6.15. The normalized spacial score (nSPS) is 13.0. The Bertz CT molecular complexity index is 922. The minimum atomic E-state index is -1.19. The molecule has 2 aromatic rings. The molecule has 4 N–H and O–H groups in total. The van der Waals surface area contributed by atoms with Crippen LogP contribution < -0.4 is 10.6 Å². The molecule has 0 aromatic heterocycles. The summed E-state index contributed by atoms with van der Waals surface area (Å²) in [6, 6.07) is 15.6. The zero-order chi connectivity index (χ0) is 24.4. The Morgan fingerprint density at radius 3 is 2.18 bits per heavy atom. The van der Waals surface area contributed by atoms with Gasteiger partial charge in [0.2, 0.25) is 5.91 Å². The lowest BCUT2D eigenvalue weighted by molar-refractivity contribution is -0.142. The topological polar surface area (TPSA) is 125 Å². The molecule has 8 heteroatoms. The second-order valence-electron chi connectivity index (χ2n) is 8.91. The van der Waals surface area contributed by atoms with Crippen LogP contribution in [-0.2, 0) is 32.8 Å². The van der Waals surface area contributed by atoms with Crippen LogP contribution in [0.5, 0.6) is 0 Å². The number of aliphatic hydroxyl groups excluding tert-OH is 1. The molecule has 0 bridgehead atoms. The molecule has 0 saturated carbocycles. The Balaban J connectivity index is 1.77. The molecule has 2 amide bonds. The van der Waals surface area contributed by atoms with Crippen molar-refractivity contribution in [2.45, 2.75) is 57.8 Å². The van der Waals surface area contributed by atoms with Crippen molar-refractivity contribution in [2.75, 3.05) is 6.54 Å². The molecule has 0 aliphatic carbocycles. The number of carbonyl (C=O) groups is 3. The second kappa shape index (κ2) is 12.0. The first-order valence-electron chi connectivity index (χ1n) is 10.8. The molecule has 0 unspecified atom stereocenters. The van der Waals surface area contributed by atoms with E-state index in [1.807, 2.05) is 54.6 Å². The van der Waals surface area contributed by atoms with Gasteiger partial charge in [0.15, 0.2) is 0 Å². The van der Waals surface area contributed by atoms with Crippen molar-refractivity contribution in [3.05, 3.63) is 71.3 Å². The summed E-state index contributed by atoms with van der Waals surface area (Å²) in [5.41, 5.74) is 2.70. The van der Waals surface area contributed by atoms with Crippen LogP contribution in [0.15, 0.2) is 54.6 Å². The molecule has 33 heavy (non-hydrogen) atoms. The van der Waals surface area contributed by atoms with Crippen molar-refractivity contribution in [3.8, 4) is 0 Å². The molecule has 0 fully saturated rings. The molecule has 0 spiro atoms. The van der Waals surface area contributed by atoms with Crippen molar-refractivity contribution in [3.63, 3.8) is 0 Å². The number of amides is 2. The molecule has 0 heterocycles. The minimum Gasteiger partial charge on any atom is -0.480 e. The average Bonchev–Trinajstić information content (AvgIpc) is 2.76. The molecular weight excluding hydrogens is 424 g/mol. The van der Waals surface area contributed by atoms with Crippen molar-refractivity contribution in [2.24, 2.45) is 0 Å². The van der Waals surface area contributed by atoms with E-state index < -0.39 is 30.1 Å². The van der Waals surface area contributed by atoms with E-state index in [0.717, 1.165) is 16.7 Å². The van der Waals surface area contributed by atoms with Gasteiger partial charge in [0.1, 0.15) is 12.6 Å². The highest BCUT2D eigenvalue weighted by Gasteiger charge is 2.22. The SMILES string of the molecule is CC(C)(C)c1ccc(C[C@@H](NC(=O)C[C@@H](O)CNC(=O)OCc2ccccc2)C(=O)O)cc1. The van der Waals surface area contributed by atoms with Gasteiger partial charge >= 0.3 is 12.1 Å². The van der Waals surface area contributed by atoms with Gasteiger partial charge < -0.3 is 25.6 Å². The number of hydrogen-bond donors (Lipinski definition) is 4. The molecule has 2 rings (SSSR count). The molecule has 2 atom stereocenters. The quantitative estimate of drug-likeness (QED) is 0.436. The Morgan fingerprint density at radius 1 is 0.970 bits per heavy atom. The summed E-state index contributed by atoms with van der Waals surface area (Å²) >= 11 is 0. The minimum absolute atomic E-state index is 0.0168. The van der Waals surface area contributed by atoms with Crippen LogP contribution in [0, 0.1) is 0 Å². The van der Waals surface area contributed by atoms with E-state index >= 15 is 0 Å². The van der Waals surface area contributed by atoms with Crippen LogP contribution in [-0.4, -0.2) is 46.9 Å². The van der Waals surface area contributed by atoms with E-state index in [9.17, 15) is 24.6 Å². The maximum absolute atomic E-state index is 12.2. The Hall–Kier alpha value is -3.39. The molecule has 8 nitrogen and oxygen atoms in total. The van der Waals surface area contributed by atoms with E-state index in [1.54, 1.807) is 0 Å². The van der Waals surface area contributed by atoms with E-state index in [0.29, 0.717) is 0 Å². The molecule has 178 valence electrons. The number of carboxylic acid groups (broad SMARTS) is 1. The van der Waals surface area contributed by atoms with Gasteiger partial charge in [-0.2, -0.15) is 0 Å². The summed E-state index contributed by atoms with van der Waals surface area (Å²) in [4.78, 5) is 35.6. The second-order valence-corrected chi connectivity index (χ2v) is 8.91. The standard InChI is InChI=1S/C25H32N2O6/c1-25(2,3)19-11-9-17(10-12-19)13-21(23(30)31)27-22(29)14-20(28)15-26-24(32)33-16-18-7-5-4-6-8-18/h4-12,20-21,28H,13-16H2,1-3H3,(H,26,32)(H,27,29)(H,30,31)/t20-,21-/m1/s1. The molecule has 0 aliphatic heterocycles. The first-order valence-corrected chi connectivity index (χ1v) is 10.8. The van der Waals surface area contributed by atoms with Gasteiger partial charge in [0.25, 0.3) is 0 Å². The fourth-order valence-electron chi connectivity index (χ4n) is 3.09. The maximum atomic E-state index is 12.2. The molecule has 2 aromatic carbocycles. The Morgan fingerprint density at radius 2 is 1.61 bits per heavy atom. The highest BCUT2D eigenvalue weighted by atomic mass is 16.5. The number of nitrogens with one attached hydrogen (secondary N) is 2. The highest BCUT2D eigenvalue weighted by molar-refractivity contribution is 5.84. The summed E-state index contributed by atoms with van der Waals surface area (Å²) in [5, 5.41) is 24.3. The van der Waals surface area contributed by atoms with Crippen LogP contribution in [0.3, 0.4) is 0 Å². The highest BCUT2D eigenvalue weighted by Crippen LogP contribution is 2.22.